The zero-order valence-corrected chi connectivity index (χ0v) is 13.2. The van der Waals surface area contributed by atoms with Gasteiger partial charge in [0, 0.05) is 13.6 Å². The third-order valence-corrected chi connectivity index (χ3v) is 3.86. The minimum absolute atomic E-state index is 0.0923. The van der Waals surface area contributed by atoms with E-state index >= 15 is 0 Å². The molecule has 2 heterocycles. The summed E-state index contributed by atoms with van der Waals surface area (Å²) in [5, 5.41) is 0.218. The van der Waals surface area contributed by atoms with Gasteiger partial charge in [0.1, 0.15) is 11.7 Å². The zero-order valence-electron chi connectivity index (χ0n) is 12.4. The van der Waals surface area contributed by atoms with E-state index in [1.54, 1.807) is 18.1 Å². The van der Waals surface area contributed by atoms with Crippen molar-refractivity contribution in [3.8, 4) is 0 Å². The van der Waals surface area contributed by atoms with Crippen LogP contribution in [0.25, 0.3) is 0 Å². The molecule has 1 aliphatic rings. The number of fused-ring (bicyclic) bond motifs is 1. The number of hydrogen-bond donors (Lipinski definition) is 0. The van der Waals surface area contributed by atoms with Gasteiger partial charge in [-0.1, -0.05) is 20.8 Å². The standard InChI is InChI=1S/C14H21ClN4O/c1-5-10-13(20)18(4)11-8-16-14(15)17-12(11)19(10)7-6-9(2)3/h8-10H,5-7H2,1-4H3. The normalized spacial score (nSPS) is 18.7. The van der Waals surface area contributed by atoms with Crippen molar-refractivity contribution < 1.29 is 4.79 Å². The molecule has 6 heteroatoms. The van der Waals surface area contributed by atoms with Gasteiger partial charge in [0.2, 0.25) is 11.2 Å². The van der Waals surface area contributed by atoms with Crippen LogP contribution in [-0.4, -0.2) is 35.5 Å². The smallest absolute Gasteiger partial charge is 0.249 e. The molecule has 5 nitrogen and oxygen atoms in total. The van der Waals surface area contributed by atoms with Gasteiger partial charge in [-0.3, -0.25) is 4.79 Å². The van der Waals surface area contributed by atoms with Crippen molar-refractivity contribution in [2.45, 2.75) is 39.7 Å². The molecule has 0 fully saturated rings. The summed E-state index contributed by atoms with van der Waals surface area (Å²) in [6.07, 6.45) is 3.38. The first-order valence-electron chi connectivity index (χ1n) is 7.02. The van der Waals surface area contributed by atoms with Crippen molar-refractivity contribution in [1.82, 2.24) is 9.97 Å². The van der Waals surface area contributed by atoms with E-state index in [1.165, 1.54) is 0 Å². The molecule has 0 saturated carbocycles. The lowest BCUT2D eigenvalue weighted by atomic mass is 10.0. The van der Waals surface area contributed by atoms with E-state index in [9.17, 15) is 4.79 Å². The number of halogens is 1. The van der Waals surface area contributed by atoms with Crippen molar-refractivity contribution >= 4 is 29.0 Å². The van der Waals surface area contributed by atoms with Gasteiger partial charge < -0.3 is 9.80 Å². The molecule has 0 saturated heterocycles. The van der Waals surface area contributed by atoms with E-state index < -0.39 is 0 Å². The van der Waals surface area contributed by atoms with E-state index in [0.29, 0.717) is 5.92 Å². The highest BCUT2D eigenvalue weighted by Crippen LogP contribution is 2.34. The molecule has 0 bridgehead atoms. The van der Waals surface area contributed by atoms with Crippen LogP contribution in [0.15, 0.2) is 6.20 Å². The van der Waals surface area contributed by atoms with Crippen LogP contribution in [0.4, 0.5) is 11.5 Å². The van der Waals surface area contributed by atoms with Crippen LogP contribution in [0.1, 0.15) is 33.6 Å². The monoisotopic (exact) mass is 296 g/mol. The fourth-order valence-electron chi connectivity index (χ4n) is 2.47. The van der Waals surface area contributed by atoms with Gasteiger partial charge in [-0.05, 0) is 30.4 Å². The van der Waals surface area contributed by atoms with Crippen molar-refractivity contribution in [2.75, 3.05) is 23.4 Å². The lowest BCUT2D eigenvalue weighted by Crippen LogP contribution is -2.53. The van der Waals surface area contributed by atoms with Crippen molar-refractivity contribution in [3.05, 3.63) is 11.5 Å². The number of rotatable bonds is 4. The van der Waals surface area contributed by atoms with Crippen LogP contribution in [-0.2, 0) is 4.79 Å². The van der Waals surface area contributed by atoms with Crippen LogP contribution < -0.4 is 9.80 Å². The molecular formula is C14H21ClN4O. The largest absolute Gasteiger partial charge is 0.343 e. The Hall–Kier alpha value is -1.36. The van der Waals surface area contributed by atoms with E-state index in [1.807, 2.05) is 6.92 Å². The summed E-state index contributed by atoms with van der Waals surface area (Å²) in [6, 6.07) is -0.169. The van der Waals surface area contributed by atoms with Gasteiger partial charge in [-0.2, -0.15) is 4.98 Å². The molecule has 1 aliphatic heterocycles. The average Bonchev–Trinajstić information content (AvgIpc) is 2.40. The van der Waals surface area contributed by atoms with E-state index in [2.05, 4.69) is 28.7 Å². The highest BCUT2D eigenvalue weighted by atomic mass is 35.5. The number of amides is 1. The number of aromatic nitrogens is 2. The second-order valence-electron chi connectivity index (χ2n) is 5.55. The van der Waals surface area contributed by atoms with E-state index in [0.717, 1.165) is 30.9 Å². The van der Waals surface area contributed by atoms with Crippen molar-refractivity contribution in [3.63, 3.8) is 0 Å². The maximum Gasteiger partial charge on any atom is 0.249 e. The highest BCUT2D eigenvalue weighted by Gasteiger charge is 2.36. The van der Waals surface area contributed by atoms with Gasteiger partial charge >= 0.3 is 0 Å². The number of hydrogen-bond acceptors (Lipinski definition) is 4. The van der Waals surface area contributed by atoms with E-state index in [4.69, 9.17) is 11.6 Å². The SMILES string of the molecule is CCC1C(=O)N(C)c2cnc(Cl)nc2N1CCC(C)C. The molecule has 0 aromatic carbocycles. The van der Waals surface area contributed by atoms with Gasteiger partial charge in [0.15, 0.2) is 5.82 Å². The number of carbonyl (C=O) groups excluding carboxylic acids is 1. The van der Waals surface area contributed by atoms with Crippen LogP contribution in [0, 0.1) is 5.92 Å². The summed E-state index contributed by atoms with van der Waals surface area (Å²) in [4.78, 5) is 24.5. The zero-order chi connectivity index (χ0) is 14.9. The molecule has 20 heavy (non-hydrogen) atoms. The highest BCUT2D eigenvalue weighted by molar-refractivity contribution is 6.28. The molecule has 1 unspecified atom stereocenters. The second-order valence-corrected chi connectivity index (χ2v) is 5.88. The Balaban J connectivity index is 2.42. The molecule has 2 rings (SSSR count). The van der Waals surface area contributed by atoms with Crippen LogP contribution in [0.5, 0.6) is 0 Å². The molecule has 1 atom stereocenters. The van der Waals surface area contributed by atoms with Crippen LogP contribution >= 0.6 is 11.6 Å². The first-order chi connectivity index (χ1) is 9.45. The van der Waals surface area contributed by atoms with Crippen molar-refractivity contribution in [2.24, 2.45) is 5.92 Å². The molecule has 0 spiro atoms. The average molecular weight is 297 g/mol. The maximum atomic E-state index is 12.5. The lowest BCUT2D eigenvalue weighted by Gasteiger charge is -2.40. The number of likely N-dealkylation sites (N-methyl/N-ethyl adjacent to an activating group) is 1. The Morgan fingerprint density at radius 1 is 1.45 bits per heavy atom. The topological polar surface area (TPSA) is 49.3 Å². The summed E-state index contributed by atoms with van der Waals surface area (Å²) in [6.45, 7) is 7.17. The molecule has 0 aliphatic carbocycles. The predicted octanol–water partition coefficient (Wildman–Crippen LogP) is 2.74. The summed E-state index contributed by atoms with van der Waals surface area (Å²) in [7, 11) is 1.76. The lowest BCUT2D eigenvalue weighted by molar-refractivity contribution is -0.120. The summed E-state index contributed by atoms with van der Waals surface area (Å²) >= 11 is 5.93. The second kappa shape index (κ2) is 5.95. The first kappa shape index (κ1) is 15.0. The predicted molar refractivity (Wildman–Crippen MR) is 81.3 cm³/mol. The maximum absolute atomic E-state index is 12.5. The third kappa shape index (κ3) is 2.73. The fourth-order valence-corrected chi connectivity index (χ4v) is 2.60. The van der Waals surface area contributed by atoms with Gasteiger partial charge in [-0.25, -0.2) is 4.98 Å². The number of nitrogens with zero attached hydrogens (tertiary/aromatic N) is 4. The molecule has 1 aromatic rings. The minimum Gasteiger partial charge on any atom is -0.343 e. The Morgan fingerprint density at radius 2 is 2.15 bits per heavy atom. The summed E-state index contributed by atoms with van der Waals surface area (Å²) in [5.74, 6) is 1.43. The molecule has 1 aromatic heterocycles. The minimum atomic E-state index is -0.169. The van der Waals surface area contributed by atoms with Crippen molar-refractivity contribution in [1.29, 1.82) is 0 Å². The summed E-state index contributed by atoms with van der Waals surface area (Å²) < 4.78 is 0. The molecule has 0 N–H and O–H groups in total. The Bertz CT molecular complexity index is 506. The molecular weight excluding hydrogens is 276 g/mol. The van der Waals surface area contributed by atoms with E-state index in [-0.39, 0.29) is 17.2 Å². The van der Waals surface area contributed by atoms with Gasteiger partial charge in [-0.15, -0.1) is 0 Å². The number of carbonyl (C=O) groups is 1. The molecule has 0 radical (unpaired) electrons. The van der Waals surface area contributed by atoms with Crippen LogP contribution in [0.2, 0.25) is 5.28 Å². The Kier molecular flexibility index (Phi) is 4.48. The van der Waals surface area contributed by atoms with Gasteiger partial charge in [0.05, 0.1) is 6.20 Å². The molecule has 1 amide bonds. The quantitative estimate of drug-likeness (QED) is 0.802. The Morgan fingerprint density at radius 3 is 2.75 bits per heavy atom. The summed E-state index contributed by atoms with van der Waals surface area (Å²) in [5.41, 5.74) is 0.729. The van der Waals surface area contributed by atoms with Crippen LogP contribution in [0.3, 0.4) is 0 Å². The molecule has 110 valence electrons. The third-order valence-electron chi connectivity index (χ3n) is 3.68. The Labute approximate surface area is 124 Å². The first-order valence-corrected chi connectivity index (χ1v) is 7.40. The van der Waals surface area contributed by atoms with Gasteiger partial charge in [0.25, 0.3) is 0 Å². The number of anilines is 2. The fraction of sp³-hybridized carbons (Fsp3) is 0.643.